The van der Waals surface area contributed by atoms with Gasteiger partial charge in [-0.2, -0.15) is 5.10 Å². The number of amides is 1. The zero-order valence-electron chi connectivity index (χ0n) is 15.5. The molecule has 9 nitrogen and oxygen atoms in total. The molecule has 1 amide bonds. The molecule has 142 valence electrons. The van der Waals surface area contributed by atoms with Gasteiger partial charge < -0.3 is 9.88 Å². The van der Waals surface area contributed by atoms with Crippen LogP contribution in [0.5, 0.6) is 0 Å². The minimum absolute atomic E-state index is 0.148. The van der Waals surface area contributed by atoms with Crippen LogP contribution in [-0.4, -0.2) is 34.8 Å². The summed E-state index contributed by atoms with van der Waals surface area (Å²) in [6.07, 6.45) is 6.33. The Hall–Kier alpha value is -3.75. The van der Waals surface area contributed by atoms with E-state index in [0.717, 1.165) is 5.56 Å². The number of imidazole rings is 1. The van der Waals surface area contributed by atoms with E-state index in [1.165, 1.54) is 21.8 Å². The normalized spacial score (nSPS) is 12.2. The van der Waals surface area contributed by atoms with E-state index >= 15 is 0 Å². The van der Waals surface area contributed by atoms with Crippen molar-refractivity contribution in [3.05, 3.63) is 77.0 Å². The summed E-state index contributed by atoms with van der Waals surface area (Å²) < 4.78 is 4.65. The van der Waals surface area contributed by atoms with Crippen molar-refractivity contribution < 1.29 is 4.79 Å². The van der Waals surface area contributed by atoms with Gasteiger partial charge in [0.05, 0.1) is 6.20 Å². The molecule has 0 saturated carbocycles. The van der Waals surface area contributed by atoms with Crippen LogP contribution in [0.4, 0.5) is 0 Å². The molecule has 0 fully saturated rings. The van der Waals surface area contributed by atoms with Crippen molar-refractivity contribution in [2.24, 2.45) is 14.1 Å². The van der Waals surface area contributed by atoms with Gasteiger partial charge in [0, 0.05) is 26.5 Å². The Morgan fingerprint density at radius 2 is 1.96 bits per heavy atom. The Balaban J connectivity index is 1.61. The largest absolute Gasteiger partial charge is 0.341 e. The SMILES string of the molecule is Cn1ccnc1[C@@H](NC(=O)Cn1cnc2c(cnn2C)c1=O)c1ccccc1. The predicted octanol–water partition coefficient (Wildman–Crippen LogP) is 0.769. The number of aromatic nitrogens is 6. The lowest BCUT2D eigenvalue weighted by Gasteiger charge is -2.19. The fraction of sp³-hybridized carbons (Fsp3) is 0.211. The zero-order chi connectivity index (χ0) is 19.7. The van der Waals surface area contributed by atoms with E-state index in [9.17, 15) is 9.59 Å². The molecule has 0 spiro atoms. The highest BCUT2D eigenvalue weighted by atomic mass is 16.2. The number of hydrogen-bond donors (Lipinski definition) is 1. The fourth-order valence-corrected chi connectivity index (χ4v) is 3.14. The second-order valence-corrected chi connectivity index (χ2v) is 6.49. The van der Waals surface area contributed by atoms with Crippen LogP contribution in [0.2, 0.25) is 0 Å². The quantitative estimate of drug-likeness (QED) is 0.554. The lowest BCUT2D eigenvalue weighted by molar-refractivity contribution is -0.122. The Kier molecular flexibility index (Phi) is 4.48. The standard InChI is InChI=1S/C19H19N7O2/c1-24-9-8-20-18(24)16(13-6-4-3-5-7-13)23-15(27)11-26-12-21-17-14(19(26)28)10-22-25(17)2/h3-10,12,16H,11H2,1-2H3,(H,23,27)/t16-/m0/s1. The molecule has 3 aromatic heterocycles. The molecule has 0 aliphatic rings. The maximum absolute atomic E-state index is 12.7. The third-order valence-electron chi connectivity index (χ3n) is 4.59. The van der Waals surface area contributed by atoms with Gasteiger partial charge in [0.25, 0.3) is 5.56 Å². The van der Waals surface area contributed by atoms with Gasteiger partial charge in [-0.25, -0.2) is 9.97 Å². The van der Waals surface area contributed by atoms with Crippen LogP contribution in [0.25, 0.3) is 11.0 Å². The molecule has 3 heterocycles. The first-order valence-corrected chi connectivity index (χ1v) is 8.73. The maximum Gasteiger partial charge on any atom is 0.264 e. The Morgan fingerprint density at radius 1 is 1.18 bits per heavy atom. The van der Waals surface area contributed by atoms with Crippen molar-refractivity contribution in [3.8, 4) is 0 Å². The summed E-state index contributed by atoms with van der Waals surface area (Å²) in [7, 11) is 3.58. The average Bonchev–Trinajstić information content (AvgIpc) is 3.29. The van der Waals surface area contributed by atoms with Crippen LogP contribution in [0.1, 0.15) is 17.4 Å². The van der Waals surface area contributed by atoms with Gasteiger partial charge in [-0.1, -0.05) is 30.3 Å². The van der Waals surface area contributed by atoms with E-state index in [1.807, 2.05) is 48.1 Å². The molecule has 4 rings (SSSR count). The molecule has 0 aliphatic carbocycles. The van der Waals surface area contributed by atoms with Gasteiger partial charge in [-0.05, 0) is 5.56 Å². The molecule has 28 heavy (non-hydrogen) atoms. The molecule has 9 heteroatoms. The van der Waals surface area contributed by atoms with Crippen LogP contribution in [0.3, 0.4) is 0 Å². The molecule has 0 aliphatic heterocycles. The highest BCUT2D eigenvalue weighted by molar-refractivity contribution is 5.78. The monoisotopic (exact) mass is 377 g/mol. The van der Waals surface area contributed by atoms with Gasteiger partial charge in [-0.15, -0.1) is 0 Å². The minimum atomic E-state index is -0.431. The first-order valence-electron chi connectivity index (χ1n) is 8.73. The third-order valence-corrected chi connectivity index (χ3v) is 4.59. The number of hydrogen-bond acceptors (Lipinski definition) is 5. The Labute approximate surface area is 160 Å². The lowest BCUT2D eigenvalue weighted by atomic mass is 10.1. The first kappa shape index (κ1) is 17.7. The van der Waals surface area contributed by atoms with Crippen molar-refractivity contribution in [1.29, 1.82) is 0 Å². The van der Waals surface area contributed by atoms with E-state index in [1.54, 1.807) is 13.2 Å². The summed E-state index contributed by atoms with van der Waals surface area (Å²) in [5, 5.41) is 7.39. The number of aryl methyl sites for hydroxylation is 2. The molecule has 1 N–H and O–H groups in total. The molecule has 1 aromatic carbocycles. The van der Waals surface area contributed by atoms with E-state index in [2.05, 4.69) is 20.4 Å². The topological polar surface area (TPSA) is 99.6 Å². The van der Waals surface area contributed by atoms with Gasteiger partial charge in [0.2, 0.25) is 5.91 Å². The van der Waals surface area contributed by atoms with E-state index in [0.29, 0.717) is 16.9 Å². The summed E-state index contributed by atoms with van der Waals surface area (Å²) in [4.78, 5) is 33.9. The highest BCUT2D eigenvalue weighted by Crippen LogP contribution is 2.20. The van der Waals surface area contributed by atoms with Crippen LogP contribution in [0.15, 0.2) is 60.0 Å². The summed E-state index contributed by atoms with van der Waals surface area (Å²) in [6.45, 7) is -0.148. The Morgan fingerprint density at radius 3 is 2.68 bits per heavy atom. The number of rotatable bonds is 5. The number of nitrogens with zero attached hydrogens (tertiary/aromatic N) is 6. The van der Waals surface area contributed by atoms with E-state index in [-0.39, 0.29) is 18.0 Å². The van der Waals surface area contributed by atoms with Crippen molar-refractivity contribution in [2.45, 2.75) is 12.6 Å². The van der Waals surface area contributed by atoms with Crippen LogP contribution < -0.4 is 10.9 Å². The molecular formula is C19H19N7O2. The maximum atomic E-state index is 12.7. The summed E-state index contributed by atoms with van der Waals surface area (Å²) in [6, 6.07) is 9.14. The minimum Gasteiger partial charge on any atom is -0.341 e. The van der Waals surface area contributed by atoms with Crippen molar-refractivity contribution in [1.82, 2.24) is 34.2 Å². The van der Waals surface area contributed by atoms with Gasteiger partial charge in [0.15, 0.2) is 5.65 Å². The highest BCUT2D eigenvalue weighted by Gasteiger charge is 2.21. The average molecular weight is 377 g/mol. The predicted molar refractivity (Wildman–Crippen MR) is 102 cm³/mol. The third kappa shape index (κ3) is 3.18. The van der Waals surface area contributed by atoms with Crippen molar-refractivity contribution >= 4 is 16.9 Å². The number of fused-ring (bicyclic) bond motifs is 1. The number of carbonyl (C=O) groups is 1. The summed E-state index contributed by atoms with van der Waals surface area (Å²) in [5.74, 6) is 0.386. The second kappa shape index (κ2) is 7.10. The summed E-state index contributed by atoms with van der Waals surface area (Å²) >= 11 is 0. The Bertz CT molecular complexity index is 1190. The molecule has 0 radical (unpaired) electrons. The smallest absolute Gasteiger partial charge is 0.264 e. The molecule has 1 atom stereocenters. The van der Waals surface area contributed by atoms with Gasteiger partial charge >= 0.3 is 0 Å². The number of carbonyl (C=O) groups excluding carboxylic acids is 1. The van der Waals surface area contributed by atoms with Crippen LogP contribution >= 0.6 is 0 Å². The first-order chi connectivity index (χ1) is 13.5. The molecule has 0 bridgehead atoms. The molecular weight excluding hydrogens is 358 g/mol. The van der Waals surface area contributed by atoms with E-state index in [4.69, 9.17) is 0 Å². The molecule has 0 unspecified atom stereocenters. The lowest BCUT2D eigenvalue weighted by Crippen LogP contribution is -2.36. The van der Waals surface area contributed by atoms with Crippen LogP contribution in [0, 0.1) is 0 Å². The zero-order valence-corrected chi connectivity index (χ0v) is 15.5. The molecule has 0 saturated heterocycles. The van der Waals surface area contributed by atoms with Crippen molar-refractivity contribution in [2.75, 3.05) is 0 Å². The van der Waals surface area contributed by atoms with Gasteiger partial charge in [-0.3, -0.25) is 18.8 Å². The van der Waals surface area contributed by atoms with E-state index < -0.39 is 6.04 Å². The number of benzene rings is 1. The number of nitrogens with one attached hydrogen (secondary N) is 1. The van der Waals surface area contributed by atoms with Crippen molar-refractivity contribution in [3.63, 3.8) is 0 Å². The van der Waals surface area contributed by atoms with Crippen LogP contribution in [-0.2, 0) is 25.4 Å². The molecule has 4 aromatic rings. The second-order valence-electron chi connectivity index (χ2n) is 6.49. The van der Waals surface area contributed by atoms with Gasteiger partial charge in [0.1, 0.15) is 30.1 Å². The fourth-order valence-electron chi connectivity index (χ4n) is 3.14. The summed E-state index contributed by atoms with van der Waals surface area (Å²) in [5.41, 5.74) is 1.08.